The number of hydrogen-bond donors (Lipinski definition) is 3. The summed E-state index contributed by atoms with van der Waals surface area (Å²) in [6.45, 7) is 2.49. The predicted molar refractivity (Wildman–Crippen MR) is 127 cm³/mol. The molecule has 2 amide bonds. The smallest absolute Gasteiger partial charge is 0.291 e. The minimum absolute atomic E-state index is 0.164. The van der Waals surface area contributed by atoms with E-state index in [2.05, 4.69) is 20.6 Å². The van der Waals surface area contributed by atoms with Crippen molar-refractivity contribution in [1.82, 2.24) is 19.9 Å². The molecule has 1 aliphatic heterocycles. The number of ether oxygens (including phenoxy) is 1. The number of nitrogens with zero attached hydrogens (tertiary/aromatic N) is 3. The van der Waals surface area contributed by atoms with Crippen molar-refractivity contribution in [3.05, 3.63) is 95.2 Å². The molecule has 170 valence electrons. The van der Waals surface area contributed by atoms with Gasteiger partial charge in [0.2, 0.25) is 0 Å². The summed E-state index contributed by atoms with van der Waals surface area (Å²) in [4.78, 5) is 34.0. The van der Waals surface area contributed by atoms with Crippen molar-refractivity contribution in [3.8, 4) is 11.5 Å². The Morgan fingerprint density at radius 2 is 1.94 bits per heavy atom. The molecular weight excluding hydrogens is 432 g/mol. The fourth-order valence-corrected chi connectivity index (χ4v) is 3.75. The van der Waals surface area contributed by atoms with Crippen LogP contribution in [0.1, 0.15) is 37.9 Å². The normalized spacial score (nSPS) is 12.2. The van der Waals surface area contributed by atoms with E-state index in [1.54, 1.807) is 22.9 Å². The van der Waals surface area contributed by atoms with Crippen molar-refractivity contribution < 1.29 is 14.3 Å². The highest BCUT2D eigenvalue weighted by molar-refractivity contribution is 6.04. The first-order chi connectivity index (χ1) is 16.5. The topological polar surface area (TPSA) is 124 Å². The Morgan fingerprint density at radius 3 is 2.74 bits per heavy atom. The fraction of sp³-hybridized carbons (Fsp3) is 0.120. The Labute approximate surface area is 195 Å². The molecule has 4 N–H and O–H groups in total. The number of benzene rings is 2. The average Bonchev–Trinajstić information content (AvgIpc) is 3.19. The molecule has 4 aromatic rings. The van der Waals surface area contributed by atoms with E-state index in [0.717, 1.165) is 16.8 Å². The van der Waals surface area contributed by atoms with Gasteiger partial charge in [-0.15, -0.1) is 0 Å². The molecule has 0 saturated heterocycles. The third-order valence-electron chi connectivity index (χ3n) is 5.52. The number of carbonyl (C=O) groups excluding carboxylic acids is 2. The SMILES string of the molecule is Cc1nc(N)ccc1CNC(=O)c1cn2c(n1)C(=O)Nc1cc(Oc3ccccc3)ccc1C2. The highest BCUT2D eigenvalue weighted by Crippen LogP contribution is 2.29. The maximum atomic E-state index is 12.8. The zero-order chi connectivity index (χ0) is 23.7. The molecular formula is C25H22N6O3. The number of hydrogen-bond acceptors (Lipinski definition) is 6. The van der Waals surface area contributed by atoms with Gasteiger partial charge < -0.3 is 25.7 Å². The molecule has 0 radical (unpaired) electrons. The van der Waals surface area contributed by atoms with Crippen LogP contribution in [0, 0.1) is 6.92 Å². The summed E-state index contributed by atoms with van der Waals surface area (Å²) in [7, 11) is 0. The molecule has 0 aliphatic carbocycles. The van der Waals surface area contributed by atoms with Gasteiger partial charge in [-0.25, -0.2) is 9.97 Å². The molecule has 3 heterocycles. The number of amides is 2. The van der Waals surface area contributed by atoms with Crippen LogP contribution in [0.2, 0.25) is 0 Å². The van der Waals surface area contributed by atoms with Gasteiger partial charge in [0.1, 0.15) is 23.0 Å². The number of aryl methyl sites for hydroxylation is 1. The van der Waals surface area contributed by atoms with Crippen LogP contribution >= 0.6 is 0 Å². The van der Waals surface area contributed by atoms with Crippen LogP contribution in [0.4, 0.5) is 11.5 Å². The van der Waals surface area contributed by atoms with Gasteiger partial charge in [0.15, 0.2) is 5.82 Å². The first-order valence-corrected chi connectivity index (χ1v) is 10.7. The molecule has 0 fully saturated rings. The largest absolute Gasteiger partial charge is 0.457 e. The number of imidazole rings is 1. The summed E-state index contributed by atoms with van der Waals surface area (Å²) in [5, 5.41) is 5.69. The van der Waals surface area contributed by atoms with Crippen LogP contribution in [0.25, 0.3) is 0 Å². The number of aromatic nitrogens is 3. The molecule has 0 saturated carbocycles. The Balaban J connectivity index is 1.32. The second kappa shape index (κ2) is 8.70. The van der Waals surface area contributed by atoms with E-state index in [1.807, 2.05) is 55.5 Å². The van der Waals surface area contributed by atoms with E-state index in [0.29, 0.717) is 29.5 Å². The number of carbonyl (C=O) groups is 2. The number of rotatable bonds is 5. The molecule has 0 unspecified atom stereocenters. The molecule has 2 aromatic carbocycles. The standard InChI is InChI=1S/C25H22N6O3/c1-15-16(8-10-22(26)28-15)12-27-24(32)21-14-31-13-17-7-9-19(34-18-5-3-2-4-6-18)11-20(17)30-25(33)23(31)29-21/h2-11,14H,12-13H2,1H3,(H2,26,28)(H,27,32)(H,30,33). The number of fused-ring (bicyclic) bond motifs is 2. The van der Waals surface area contributed by atoms with Crippen LogP contribution in [0.15, 0.2) is 66.9 Å². The number of pyridine rings is 1. The van der Waals surface area contributed by atoms with Crippen LogP contribution in [0.5, 0.6) is 11.5 Å². The average molecular weight is 454 g/mol. The highest BCUT2D eigenvalue weighted by atomic mass is 16.5. The Kier molecular flexibility index (Phi) is 5.43. The fourth-order valence-electron chi connectivity index (χ4n) is 3.75. The highest BCUT2D eigenvalue weighted by Gasteiger charge is 2.24. The number of anilines is 2. The van der Waals surface area contributed by atoms with Gasteiger partial charge in [0.25, 0.3) is 11.8 Å². The van der Waals surface area contributed by atoms with Crippen LogP contribution in [-0.2, 0) is 13.1 Å². The lowest BCUT2D eigenvalue weighted by atomic mass is 10.1. The van der Waals surface area contributed by atoms with Crippen molar-refractivity contribution >= 4 is 23.3 Å². The quantitative estimate of drug-likeness (QED) is 0.424. The molecule has 0 atom stereocenters. The third-order valence-corrected chi connectivity index (χ3v) is 5.52. The van der Waals surface area contributed by atoms with Gasteiger partial charge in [-0.05, 0) is 42.3 Å². The lowest BCUT2D eigenvalue weighted by Crippen LogP contribution is -2.24. The van der Waals surface area contributed by atoms with E-state index < -0.39 is 5.91 Å². The lowest BCUT2D eigenvalue weighted by molar-refractivity contribution is 0.0946. The van der Waals surface area contributed by atoms with E-state index >= 15 is 0 Å². The zero-order valence-corrected chi connectivity index (χ0v) is 18.4. The van der Waals surface area contributed by atoms with Crippen molar-refractivity contribution in [3.63, 3.8) is 0 Å². The van der Waals surface area contributed by atoms with Gasteiger partial charge >= 0.3 is 0 Å². The minimum Gasteiger partial charge on any atom is -0.457 e. The molecule has 0 bridgehead atoms. The van der Waals surface area contributed by atoms with Crippen LogP contribution in [0.3, 0.4) is 0 Å². The molecule has 34 heavy (non-hydrogen) atoms. The van der Waals surface area contributed by atoms with Crippen LogP contribution < -0.4 is 21.1 Å². The van der Waals surface area contributed by atoms with E-state index in [-0.39, 0.29) is 24.0 Å². The monoisotopic (exact) mass is 454 g/mol. The summed E-state index contributed by atoms with van der Waals surface area (Å²) < 4.78 is 7.54. The van der Waals surface area contributed by atoms with Gasteiger partial charge in [0.05, 0.1) is 6.54 Å². The van der Waals surface area contributed by atoms with E-state index in [4.69, 9.17) is 10.5 Å². The van der Waals surface area contributed by atoms with E-state index in [9.17, 15) is 9.59 Å². The Morgan fingerprint density at radius 1 is 1.12 bits per heavy atom. The molecule has 9 heteroatoms. The van der Waals surface area contributed by atoms with Crippen molar-refractivity contribution in [2.45, 2.75) is 20.0 Å². The zero-order valence-electron chi connectivity index (χ0n) is 18.4. The van der Waals surface area contributed by atoms with Crippen molar-refractivity contribution in [2.75, 3.05) is 11.1 Å². The predicted octanol–water partition coefficient (Wildman–Crippen LogP) is 3.51. The Bertz CT molecular complexity index is 1400. The minimum atomic E-state index is -0.395. The van der Waals surface area contributed by atoms with Gasteiger partial charge in [-0.3, -0.25) is 9.59 Å². The van der Waals surface area contributed by atoms with Gasteiger partial charge in [-0.1, -0.05) is 30.3 Å². The summed E-state index contributed by atoms with van der Waals surface area (Å²) in [6, 6.07) is 18.4. The van der Waals surface area contributed by atoms with Gasteiger partial charge in [-0.2, -0.15) is 0 Å². The second-order valence-electron chi connectivity index (χ2n) is 7.93. The lowest BCUT2D eigenvalue weighted by Gasteiger charge is -2.11. The number of nitrogen functional groups attached to an aromatic ring is 1. The summed E-state index contributed by atoms with van der Waals surface area (Å²) in [5.41, 5.74) is 8.95. The maximum Gasteiger partial charge on any atom is 0.291 e. The summed E-state index contributed by atoms with van der Waals surface area (Å²) in [6.07, 6.45) is 1.59. The molecule has 5 rings (SSSR count). The molecule has 2 aromatic heterocycles. The summed E-state index contributed by atoms with van der Waals surface area (Å²) in [5.74, 6) is 1.13. The molecule has 1 aliphatic rings. The third kappa shape index (κ3) is 4.31. The molecule has 0 spiro atoms. The first kappa shape index (κ1) is 21.2. The van der Waals surface area contributed by atoms with E-state index in [1.165, 1.54) is 0 Å². The number of nitrogens with two attached hydrogens (primary N) is 1. The van der Waals surface area contributed by atoms with Gasteiger partial charge in [0, 0.05) is 30.2 Å². The second-order valence-corrected chi connectivity index (χ2v) is 7.93. The molecule has 9 nitrogen and oxygen atoms in total. The van der Waals surface area contributed by atoms with Crippen LogP contribution in [-0.4, -0.2) is 26.3 Å². The first-order valence-electron chi connectivity index (χ1n) is 10.7. The number of para-hydroxylation sites is 1. The number of nitrogens with one attached hydrogen (secondary N) is 2. The maximum absolute atomic E-state index is 12.8. The Hall–Kier alpha value is -4.66. The van der Waals surface area contributed by atoms with Crippen molar-refractivity contribution in [1.29, 1.82) is 0 Å². The van der Waals surface area contributed by atoms with Crippen molar-refractivity contribution in [2.24, 2.45) is 0 Å². The summed E-state index contributed by atoms with van der Waals surface area (Å²) >= 11 is 0.